The fourth-order valence-electron chi connectivity index (χ4n) is 7.48. The molecule has 5 amide bonds. The summed E-state index contributed by atoms with van der Waals surface area (Å²) in [6.07, 6.45) is -0.108. The summed E-state index contributed by atoms with van der Waals surface area (Å²) >= 11 is 0. The molecule has 4 aromatic rings. The lowest BCUT2D eigenvalue weighted by molar-refractivity contribution is -0.141. The number of fused-ring (bicyclic) bond motifs is 5. The van der Waals surface area contributed by atoms with Crippen LogP contribution in [0.5, 0.6) is 11.5 Å². The maximum atomic E-state index is 14.7. The van der Waals surface area contributed by atoms with Gasteiger partial charge in [0.1, 0.15) is 66.8 Å². The highest BCUT2D eigenvalue weighted by Gasteiger charge is 2.36. The molecule has 11 N–H and O–H groups in total. The van der Waals surface area contributed by atoms with Gasteiger partial charge in [-0.1, -0.05) is 57.2 Å². The van der Waals surface area contributed by atoms with E-state index in [4.69, 9.17) is 31.9 Å². The molecule has 0 aliphatic carbocycles. The van der Waals surface area contributed by atoms with Crippen LogP contribution in [0.4, 0.5) is 0 Å². The lowest BCUT2D eigenvalue weighted by Gasteiger charge is -2.32. The monoisotopic (exact) mass is 905 g/mol. The molecule has 1 aliphatic heterocycles. The van der Waals surface area contributed by atoms with E-state index in [0.29, 0.717) is 33.8 Å². The Morgan fingerprint density at radius 1 is 0.909 bits per heavy atom. The summed E-state index contributed by atoms with van der Waals surface area (Å²) in [5, 5.41) is 19.7. The van der Waals surface area contributed by atoms with Gasteiger partial charge >= 0.3 is 0 Å². The Morgan fingerprint density at radius 3 is 2.14 bits per heavy atom. The highest BCUT2D eigenvalue weighted by molar-refractivity contribution is 6.00. The molecule has 19 heteroatoms. The molecule has 0 saturated heterocycles. The molecular weight excluding hydrogens is 847 g/mol. The van der Waals surface area contributed by atoms with Crippen LogP contribution in [0.2, 0.25) is 0 Å². The standard InChI is InChI=1S/C47H59N11O8/c1-26-38(44(62)57-40(53-26)29-8-11-31(12-9-29)47(3,4)5)43(61)55-34(15-16-48)46(64)58(6)39-30-10-14-37(66-22-19-51)33(25-30)32-23-28(7-13-36(32)65-21-18-50)24-35(42(60)52-20-17-49)56-41(59)27(2)54-45(39)63/h7-14,23,25,27,34-35,39H,15-16,18-22,24,48,50-51H2,1-6H3,(H,52,60)(H,54,63)(H,55,61)(H,56,59)(H,53,57,62)/t27-,34-,35-,39-/m0/s1. The molecule has 0 radical (unpaired) electrons. The number of hydrogen-bond donors (Lipinski definition) is 8. The lowest BCUT2D eigenvalue weighted by Crippen LogP contribution is -2.56. The van der Waals surface area contributed by atoms with Gasteiger partial charge in [0.05, 0.1) is 11.8 Å². The van der Waals surface area contributed by atoms with E-state index in [0.717, 1.165) is 10.5 Å². The maximum Gasteiger partial charge on any atom is 0.264 e. The Morgan fingerprint density at radius 2 is 1.55 bits per heavy atom. The minimum Gasteiger partial charge on any atom is -0.492 e. The molecule has 350 valence electrons. The van der Waals surface area contributed by atoms with Crippen LogP contribution in [-0.2, 0) is 31.0 Å². The molecule has 3 aromatic carbocycles. The smallest absolute Gasteiger partial charge is 0.264 e. The van der Waals surface area contributed by atoms with E-state index >= 15 is 0 Å². The molecule has 4 atom stereocenters. The molecule has 5 rings (SSSR count). The number of benzene rings is 3. The summed E-state index contributed by atoms with van der Waals surface area (Å²) in [5.74, 6) is -2.83. The number of aromatic amines is 1. The summed E-state index contributed by atoms with van der Waals surface area (Å²) in [6.45, 7) is 9.39. The first-order valence-corrected chi connectivity index (χ1v) is 21.6. The van der Waals surface area contributed by atoms with E-state index in [1.807, 2.05) is 30.3 Å². The Labute approximate surface area is 383 Å². The summed E-state index contributed by atoms with van der Waals surface area (Å²) in [5.41, 5.74) is 20.1. The average Bonchev–Trinajstić information content (AvgIpc) is 3.28. The van der Waals surface area contributed by atoms with Gasteiger partial charge in [-0.3, -0.25) is 28.8 Å². The largest absolute Gasteiger partial charge is 0.492 e. The minimum absolute atomic E-state index is 0.0162. The van der Waals surface area contributed by atoms with Gasteiger partial charge < -0.3 is 57.8 Å². The number of hydrogen-bond acceptors (Lipinski definition) is 13. The second-order valence-electron chi connectivity index (χ2n) is 16.9. The minimum atomic E-state index is -1.46. The van der Waals surface area contributed by atoms with Gasteiger partial charge in [-0.25, -0.2) is 4.98 Å². The summed E-state index contributed by atoms with van der Waals surface area (Å²) < 4.78 is 12.2. The van der Waals surface area contributed by atoms with Crippen molar-refractivity contribution in [2.75, 3.05) is 46.4 Å². The van der Waals surface area contributed by atoms with Crippen LogP contribution < -0.4 is 53.5 Å². The van der Waals surface area contributed by atoms with Crippen molar-refractivity contribution in [2.24, 2.45) is 17.2 Å². The molecule has 0 spiro atoms. The SMILES string of the molecule is Cc1nc(-c2ccc(C(C)(C)C)cc2)[nH]c(=O)c1C(=O)N[C@@H](CCN)C(=O)N(C)[C@@H]1C(=O)N[C@@H](C)C(=O)N[C@H](C(=O)NCC#N)Cc2ccc(OCCN)c(c2)-c2cc1ccc2OCCN. The van der Waals surface area contributed by atoms with Gasteiger partial charge in [-0.05, 0) is 73.2 Å². The number of nitrogens with zero attached hydrogens (tertiary/aromatic N) is 3. The molecule has 19 nitrogen and oxygen atoms in total. The Kier molecular flexibility index (Phi) is 16.8. The predicted molar refractivity (Wildman–Crippen MR) is 247 cm³/mol. The quantitative estimate of drug-likeness (QED) is 0.0780. The first-order valence-electron chi connectivity index (χ1n) is 21.6. The van der Waals surface area contributed by atoms with Gasteiger partial charge in [0, 0.05) is 43.2 Å². The second-order valence-corrected chi connectivity index (χ2v) is 16.9. The predicted octanol–water partition coefficient (Wildman–Crippen LogP) is 1.22. The first-order chi connectivity index (χ1) is 31.4. The molecule has 0 unspecified atom stereocenters. The van der Waals surface area contributed by atoms with E-state index in [2.05, 4.69) is 52.0 Å². The van der Waals surface area contributed by atoms with Crippen molar-refractivity contribution in [3.63, 3.8) is 0 Å². The van der Waals surface area contributed by atoms with Crippen molar-refractivity contribution in [1.82, 2.24) is 36.1 Å². The van der Waals surface area contributed by atoms with Crippen LogP contribution in [0, 0.1) is 18.3 Å². The topological polar surface area (TPSA) is 303 Å². The van der Waals surface area contributed by atoms with E-state index in [1.165, 1.54) is 20.9 Å². The van der Waals surface area contributed by atoms with E-state index in [9.17, 15) is 28.8 Å². The molecule has 1 aromatic heterocycles. The number of nitriles is 1. The van der Waals surface area contributed by atoms with E-state index in [-0.39, 0.29) is 80.3 Å². The maximum absolute atomic E-state index is 14.7. The molecule has 1 aliphatic rings. The van der Waals surface area contributed by atoms with Gasteiger partial charge in [-0.2, -0.15) is 5.26 Å². The van der Waals surface area contributed by atoms with E-state index in [1.54, 1.807) is 36.4 Å². The molecule has 0 saturated carbocycles. The van der Waals surface area contributed by atoms with Crippen LogP contribution in [0.15, 0.2) is 65.5 Å². The second kappa shape index (κ2) is 22.2. The third-order valence-corrected chi connectivity index (χ3v) is 11.0. The Bertz CT molecular complexity index is 2530. The number of nitrogens with one attached hydrogen (secondary N) is 5. The van der Waals surface area contributed by atoms with Crippen LogP contribution in [0.1, 0.15) is 72.9 Å². The Balaban J connectivity index is 1.57. The van der Waals surface area contributed by atoms with Crippen molar-refractivity contribution in [3.8, 4) is 40.1 Å². The number of ether oxygens (including phenoxy) is 2. The molecule has 2 heterocycles. The van der Waals surface area contributed by atoms with Crippen molar-refractivity contribution in [2.45, 2.75) is 77.0 Å². The summed E-state index contributed by atoms with van der Waals surface area (Å²) in [7, 11) is 1.36. The zero-order valence-electron chi connectivity index (χ0n) is 38.1. The molecule has 0 fully saturated rings. The average molecular weight is 906 g/mol. The highest BCUT2D eigenvalue weighted by atomic mass is 16.5. The summed E-state index contributed by atoms with van der Waals surface area (Å²) in [6, 6.07) is 14.2. The third kappa shape index (κ3) is 11.9. The van der Waals surface area contributed by atoms with Crippen molar-refractivity contribution >= 4 is 29.5 Å². The fraction of sp³-hybridized carbons (Fsp3) is 0.404. The van der Waals surface area contributed by atoms with Crippen molar-refractivity contribution < 1.29 is 33.4 Å². The number of carbonyl (C=O) groups is 5. The fourth-order valence-corrected chi connectivity index (χ4v) is 7.48. The molecule has 4 bridgehead atoms. The van der Waals surface area contributed by atoms with Crippen LogP contribution in [0.25, 0.3) is 22.5 Å². The van der Waals surface area contributed by atoms with E-state index < -0.39 is 59.3 Å². The van der Waals surface area contributed by atoms with Crippen LogP contribution in [-0.4, -0.2) is 109 Å². The van der Waals surface area contributed by atoms with Gasteiger partial charge in [0.15, 0.2) is 0 Å². The number of likely N-dealkylation sites (N-methyl/N-ethyl adjacent to an activating group) is 1. The number of nitrogens with two attached hydrogens (primary N) is 3. The molecular formula is C47H59N11O8. The molecule has 66 heavy (non-hydrogen) atoms. The zero-order chi connectivity index (χ0) is 48.3. The number of H-pyrrole nitrogens is 1. The summed E-state index contributed by atoms with van der Waals surface area (Å²) in [4.78, 5) is 92.1. The zero-order valence-corrected chi connectivity index (χ0v) is 38.1. The highest BCUT2D eigenvalue weighted by Crippen LogP contribution is 2.40. The number of carbonyl (C=O) groups excluding carboxylic acids is 5. The van der Waals surface area contributed by atoms with Gasteiger partial charge in [0.2, 0.25) is 23.6 Å². The number of aromatic nitrogens is 2. The van der Waals surface area contributed by atoms with Crippen LogP contribution >= 0.6 is 0 Å². The van der Waals surface area contributed by atoms with Crippen molar-refractivity contribution in [3.05, 3.63) is 99.0 Å². The number of amides is 5. The normalized spacial score (nSPS) is 16.6. The van der Waals surface area contributed by atoms with Crippen LogP contribution in [0.3, 0.4) is 0 Å². The number of aryl methyl sites for hydroxylation is 1. The van der Waals surface area contributed by atoms with Gasteiger partial charge in [0.25, 0.3) is 11.5 Å². The van der Waals surface area contributed by atoms with Gasteiger partial charge in [-0.15, -0.1) is 0 Å². The lowest BCUT2D eigenvalue weighted by atomic mass is 9.87. The first kappa shape index (κ1) is 49.9. The number of rotatable bonds is 15. The Hall–Kier alpha value is -7.14. The van der Waals surface area contributed by atoms with Crippen molar-refractivity contribution in [1.29, 1.82) is 5.26 Å². The third-order valence-electron chi connectivity index (χ3n) is 11.0.